The molecule has 5 rings (SSSR count). The maximum atomic E-state index is 3.76. The summed E-state index contributed by atoms with van der Waals surface area (Å²) in [6, 6.07) is 21.8. The van der Waals surface area contributed by atoms with E-state index in [9.17, 15) is 0 Å². The molecule has 0 saturated carbocycles. The van der Waals surface area contributed by atoms with Crippen LogP contribution in [0.2, 0.25) is 0 Å². The van der Waals surface area contributed by atoms with Crippen molar-refractivity contribution < 1.29 is 0 Å². The molecule has 0 fully saturated rings. The second kappa shape index (κ2) is 12.0. The molecule has 0 atom stereocenters. The molecule has 0 N–H and O–H groups in total. The van der Waals surface area contributed by atoms with Crippen LogP contribution in [0.5, 0.6) is 0 Å². The first-order valence-corrected chi connectivity index (χ1v) is 18.2. The Kier molecular flexibility index (Phi) is 9.11. The number of halogens is 4. The molecule has 0 aromatic heterocycles. The van der Waals surface area contributed by atoms with Crippen LogP contribution in [0, 0.1) is 6.92 Å². The molecule has 37 heavy (non-hydrogen) atoms. The van der Waals surface area contributed by atoms with Gasteiger partial charge in [-0.25, -0.2) is 0 Å². The number of rotatable bonds is 12. The Bertz CT molecular complexity index is 1250. The third-order valence-corrected chi connectivity index (χ3v) is 11.1. The molecule has 0 heterocycles. The molecule has 3 aromatic rings. The summed E-state index contributed by atoms with van der Waals surface area (Å²) in [6.07, 6.45) is 9.49. The third-order valence-electron chi connectivity index (χ3n) is 8.85. The molecule has 3 aromatic carbocycles. The zero-order valence-electron chi connectivity index (χ0n) is 21.7. The van der Waals surface area contributed by atoms with Crippen molar-refractivity contribution in [2.45, 2.75) is 69.1 Å². The van der Waals surface area contributed by atoms with Crippen molar-refractivity contribution >= 4 is 63.7 Å². The number of alkyl halides is 4. The summed E-state index contributed by atoms with van der Waals surface area (Å²) < 4.78 is 0. The Labute approximate surface area is 256 Å². The average molecular weight is 752 g/mol. The second-order valence-corrected chi connectivity index (χ2v) is 14.0. The first-order chi connectivity index (χ1) is 18.1. The smallest absolute Gasteiger partial charge is 0.0216 e. The second-order valence-electron chi connectivity index (χ2n) is 10.9. The van der Waals surface area contributed by atoms with Gasteiger partial charge in [-0.1, -0.05) is 112 Å². The lowest BCUT2D eigenvalue weighted by Gasteiger charge is -2.34. The molecule has 0 unspecified atom stereocenters. The lowest BCUT2D eigenvalue weighted by atomic mass is 9.69. The summed E-state index contributed by atoms with van der Waals surface area (Å²) in [5, 5.41) is 4.21. The number of hydrogen-bond acceptors (Lipinski definition) is 0. The van der Waals surface area contributed by atoms with Crippen LogP contribution >= 0.6 is 63.7 Å². The molecule has 0 radical (unpaired) electrons. The summed E-state index contributed by atoms with van der Waals surface area (Å²) in [4.78, 5) is 0. The molecule has 0 spiro atoms. The van der Waals surface area contributed by atoms with E-state index in [0.717, 1.165) is 21.3 Å². The Morgan fingerprint density at radius 3 is 1.43 bits per heavy atom. The van der Waals surface area contributed by atoms with E-state index in [1.165, 1.54) is 79.2 Å². The van der Waals surface area contributed by atoms with Gasteiger partial charge in [0.2, 0.25) is 0 Å². The molecular weight excluding hydrogens is 716 g/mol. The van der Waals surface area contributed by atoms with E-state index in [2.05, 4.69) is 125 Å². The maximum Gasteiger partial charge on any atom is 0.0216 e. The monoisotopic (exact) mass is 748 g/mol. The van der Waals surface area contributed by atoms with Crippen LogP contribution in [0.1, 0.15) is 79.2 Å². The van der Waals surface area contributed by atoms with Crippen molar-refractivity contribution in [3.05, 3.63) is 82.4 Å². The third kappa shape index (κ3) is 4.78. The fraction of sp³-hybridized carbons (Fsp3) is 0.455. The standard InChI is InChI=1S/C33H36Br4/c1-23-10-11-25-27-22-30-26(21-31(27)33(14-6-18-36,15-7-19-37)29(25)20-23)24-8-2-3-9-28(24)32(30,12-4-16-34)13-5-17-35/h2-3,8-11,20-22H,4-7,12-19H2,1H3. The van der Waals surface area contributed by atoms with E-state index in [4.69, 9.17) is 0 Å². The van der Waals surface area contributed by atoms with Gasteiger partial charge in [0.1, 0.15) is 0 Å². The zero-order chi connectivity index (χ0) is 26.0. The first kappa shape index (κ1) is 28.1. The highest BCUT2D eigenvalue weighted by Gasteiger charge is 2.47. The van der Waals surface area contributed by atoms with Crippen LogP contribution in [-0.4, -0.2) is 21.3 Å². The molecular formula is C33H36Br4. The molecule has 0 bridgehead atoms. The molecule has 196 valence electrons. The summed E-state index contributed by atoms with van der Waals surface area (Å²) in [7, 11) is 0. The van der Waals surface area contributed by atoms with Crippen LogP contribution in [0.25, 0.3) is 22.3 Å². The zero-order valence-corrected chi connectivity index (χ0v) is 28.0. The van der Waals surface area contributed by atoms with Gasteiger partial charge in [0.25, 0.3) is 0 Å². The number of fused-ring (bicyclic) bond motifs is 6. The minimum absolute atomic E-state index is 0.0825. The van der Waals surface area contributed by atoms with Crippen LogP contribution in [-0.2, 0) is 10.8 Å². The van der Waals surface area contributed by atoms with Gasteiger partial charge in [0.15, 0.2) is 0 Å². The highest BCUT2D eigenvalue weighted by molar-refractivity contribution is 9.09. The lowest BCUT2D eigenvalue weighted by molar-refractivity contribution is 0.435. The molecule has 0 saturated heterocycles. The number of benzene rings is 3. The minimum atomic E-state index is 0.0825. The van der Waals surface area contributed by atoms with Gasteiger partial charge >= 0.3 is 0 Å². The van der Waals surface area contributed by atoms with E-state index < -0.39 is 0 Å². The SMILES string of the molecule is Cc1ccc2c(c1)C(CCCBr)(CCCBr)c1cc3c(cc1-2)C(CCCBr)(CCCBr)c1ccccc1-3. The Morgan fingerprint density at radius 2 is 0.919 bits per heavy atom. The van der Waals surface area contributed by atoms with Crippen LogP contribution in [0.4, 0.5) is 0 Å². The van der Waals surface area contributed by atoms with Gasteiger partial charge in [0.05, 0.1) is 0 Å². The molecule has 4 heteroatoms. The Balaban J connectivity index is 1.80. The van der Waals surface area contributed by atoms with Crippen molar-refractivity contribution in [2.24, 2.45) is 0 Å². The summed E-state index contributed by atoms with van der Waals surface area (Å²) >= 11 is 15.0. The van der Waals surface area contributed by atoms with E-state index >= 15 is 0 Å². The van der Waals surface area contributed by atoms with Gasteiger partial charge in [-0.2, -0.15) is 0 Å². The van der Waals surface area contributed by atoms with Crippen molar-refractivity contribution in [3.63, 3.8) is 0 Å². The Morgan fingerprint density at radius 1 is 0.486 bits per heavy atom. The van der Waals surface area contributed by atoms with Gasteiger partial charge in [0, 0.05) is 32.2 Å². The maximum absolute atomic E-state index is 3.76. The quantitative estimate of drug-likeness (QED) is 0.162. The van der Waals surface area contributed by atoms with Crippen LogP contribution < -0.4 is 0 Å². The lowest BCUT2D eigenvalue weighted by Crippen LogP contribution is -2.27. The fourth-order valence-electron chi connectivity index (χ4n) is 7.35. The first-order valence-electron chi connectivity index (χ1n) is 13.7. The molecule has 0 nitrogen and oxygen atoms in total. The van der Waals surface area contributed by atoms with Gasteiger partial charge in [-0.15, -0.1) is 0 Å². The van der Waals surface area contributed by atoms with Crippen molar-refractivity contribution in [1.82, 2.24) is 0 Å². The number of aryl methyl sites for hydroxylation is 1. The molecule has 2 aliphatic rings. The predicted octanol–water partition coefficient (Wildman–Crippen LogP) is 11.2. The minimum Gasteiger partial charge on any atom is -0.0928 e. The van der Waals surface area contributed by atoms with Crippen LogP contribution in [0.3, 0.4) is 0 Å². The van der Waals surface area contributed by atoms with Crippen molar-refractivity contribution in [3.8, 4) is 22.3 Å². The summed E-state index contributed by atoms with van der Waals surface area (Å²) in [6.45, 7) is 2.25. The normalized spacial score (nSPS) is 15.8. The van der Waals surface area contributed by atoms with Crippen molar-refractivity contribution in [1.29, 1.82) is 0 Å². The van der Waals surface area contributed by atoms with E-state index in [0.29, 0.717) is 0 Å². The van der Waals surface area contributed by atoms with Crippen LogP contribution in [0.15, 0.2) is 54.6 Å². The van der Waals surface area contributed by atoms with E-state index in [1.54, 1.807) is 22.3 Å². The predicted molar refractivity (Wildman–Crippen MR) is 176 cm³/mol. The highest BCUT2D eigenvalue weighted by Crippen LogP contribution is 2.60. The van der Waals surface area contributed by atoms with Crippen molar-refractivity contribution in [2.75, 3.05) is 21.3 Å². The van der Waals surface area contributed by atoms with E-state index in [-0.39, 0.29) is 10.8 Å². The van der Waals surface area contributed by atoms with Gasteiger partial charge in [-0.3, -0.25) is 0 Å². The highest BCUT2D eigenvalue weighted by atomic mass is 79.9. The van der Waals surface area contributed by atoms with Gasteiger partial charge < -0.3 is 0 Å². The molecule has 0 amide bonds. The fourth-order valence-corrected chi connectivity index (χ4v) is 8.47. The van der Waals surface area contributed by atoms with E-state index in [1.807, 2.05) is 0 Å². The van der Waals surface area contributed by atoms with Gasteiger partial charge in [-0.05, 0) is 115 Å². The number of hydrogen-bond donors (Lipinski definition) is 0. The molecule has 0 aliphatic heterocycles. The Hall–Kier alpha value is -0.420. The summed E-state index contributed by atoms with van der Waals surface area (Å²) in [5.41, 5.74) is 13.7. The largest absolute Gasteiger partial charge is 0.0928 e. The topological polar surface area (TPSA) is 0 Å². The summed E-state index contributed by atoms with van der Waals surface area (Å²) in [5.74, 6) is 0. The average Bonchev–Trinajstić information content (AvgIpc) is 3.34. The molecule has 2 aliphatic carbocycles.